The normalized spacial score (nSPS) is 19.5. The lowest BCUT2D eigenvalue weighted by Gasteiger charge is -2.24. The van der Waals surface area contributed by atoms with E-state index in [4.69, 9.17) is 4.74 Å². The summed E-state index contributed by atoms with van der Waals surface area (Å²) in [6, 6.07) is 0. The molecule has 1 atom stereocenters. The molecule has 5 heteroatoms. The number of nitrogens with zero attached hydrogens (tertiary/aromatic N) is 2. The van der Waals surface area contributed by atoms with Gasteiger partial charge in [-0.1, -0.05) is 13.8 Å². The molecule has 1 unspecified atom stereocenters. The second-order valence-corrected chi connectivity index (χ2v) is 5.15. The molecule has 0 aliphatic carbocycles. The molecule has 0 saturated carbocycles. The van der Waals surface area contributed by atoms with Gasteiger partial charge in [0.1, 0.15) is 0 Å². The lowest BCUT2D eigenvalue weighted by atomic mass is 9.93. The Bertz CT molecular complexity index is 299. The van der Waals surface area contributed by atoms with Crippen molar-refractivity contribution in [3.05, 3.63) is 0 Å². The van der Waals surface area contributed by atoms with Crippen molar-refractivity contribution >= 4 is 12.2 Å². The van der Waals surface area contributed by atoms with Crippen LogP contribution in [-0.2, 0) is 9.53 Å². The van der Waals surface area contributed by atoms with Crippen LogP contribution < -0.4 is 0 Å². The molecule has 104 valence electrons. The maximum atomic E-state index is 11.8. The Morgan fingerprint density at radius 2 is 2.11 bits per heavy atom. The summed E-state index contributed by atoms with van der Waals surface area (Å²) in [5, 5.41) is 16.5. The zero-order valence-corrected chi connectivity index (χ0v) is 11.6. The predicted molar refractivity (Wildman–Crippen MR) is 70.3 cm³/mol. The molecule has 1 heterocycles. The van der Waals surface area contributed by atoms with Crippen molar-refractivity contribution in [1.82, 2.24) is 5.01 Å². The highest BCUT2D eigenvalue weighted by Crippen LogP contribution is 2.18. The van der Waals surface area contributed by atoms with Crippen molar-refractivity contribution in [1.29, 1.82) is 0 Å². The van der Waals surface area contributed by atoms with E-state index >= 15 is 0 Å². The van der Waals surface area contributed by atoms with E-state index < -0.39 is 11.6 Å². The number of aliphatic hydroxyl groups is 1. The van der Waals surface area contributed by atoms with E-state index in [1.807, 2.05) is 18.9 Å². The number of carbonyl (C=O) groups is 1. The minimum absolute atomic E-state index is 0.185. The van der Waals surface area contributed by atoms with Gasteiger partial charge in [0.2, 0.25) is 0 Å². The van der Waals surface area contributed by atoms with E-state index in [1.165, 1.54) is 6.21 Å². The van der Waals surface area contributed by atoms with Gasteiger partial charge in [-0.05, 0) is 32.1 Å². The van der Waals surface area contributed by atoms with E-state index in [2.05, 4.69) is 5.10 Å². The van der Waals surface area contributed by atoms with Gasteiger partial charge >= 0.3 is 5.97 Å². The Balaban J connectivity index is 2.72. The third-order valence-electron chi connectivity index (χ3n) is 2.87. The number of rotatable bonds is 6. The molecule has 18 heavy (non-hydrogen) atoms. The molecule has 1 fully saturated rings. The fourth-order valence-electron chi connectivity index (χ4n) is 2.06. The Hall–Kier alpha value is -1.10. The van der Waals surface area contributed by atoms with Crippen LogP contribution in [0.1, 0.15) is 40.0 Å². The molecule has 0 aromatic rings. The molecular weight excluding hydrogens is 232 g/mol. The van der Waals surface area contributed by atoms with Gasteiger partial charge in [-0.3, -0.25) is 5.01 Å². The molecule has 0 bridgehead atoms. The monoisotopic (exact) mass is 256 g/mol. The molecule has 0 aromatic carbocycles. The van der Waals surface area contributed by atoms with Gasteiger partial charge in [0, 0.05) is 13.1 Å². The van der Waals surface area contributed by atoms with Crippen molar-refractivity contribution in [2.24, 2.45) is 11.0 Å². The van der Waals surface area contributed by atoms with Crippen LogP contribution in [-0.4, -0.2) is 47.6 Å². The van der Waals surface area contributed by atoms with Gasteiger partial charge in [0.25, 0.3) is 0 Å². The highest BCUT2D eigenvalue weighted by Gasteiger charge is 2.37. The zero-order chi connectivity index (χ0) is 13.6. The molecule has 1 aliphatic rings. The maximum Gasteiger partial charge on any atom is 0.343 e. The van der Waals surface area contributed by atoms with E-state index in [0.29, 0.717) is 6.42 Å². The first-order valence-electron chi connectivity index (χ1n) is 6.67. The first-order valence-corrected chi connectivity index (χ1v) is 6.67. The summed E-state index contributed by atoms with van der Waals surface area (Å²) in [4.78, 5) is 11.8. The molecule has 1 saturated heterocycles. The van der Waals surface area contributed by atoms with Gasteiger partial charge in [-0.2, -0.15) is 5.10 Å². The van der Waals surface area contributed by atoms with Crippen LogP contribution >= 0.6 is 0 Å². The molecule has 0 spiro atoms. The van der Waals surface area contributed by atoms with Crippen LogP contribution in [0.15, 0.2) is 5.10 Å². The van der Waals surface area contributed by atoms with Crippen molar-refractivity contribution < 1.29 is 14.6 Å². The van der Waals surface area contributed by atoms with Gasteiger partial charge in [0.15, 0.2) is 5.60 Å². The molecule has 0 radical (unpaired) electrons. The number of carbonyl (C=O) groups excluding carboxylic acids is 1. The minimum Gasteiger partial charge on any atom is -0.464 e. The van der Waals surface area contributed by atoms with Crippen LogP contribution in [0, 0.1) is 5.92 Å². The van der Waals surface area contributed by atoms with Gasteiger partial charge < -0.3 is 9.84 Å². The van der Waals surface area contributed by atoms with Crippen molar-refractivity contribution in [2.45, 2.75) is 45.6 Å². The van der Waals surface area contributed by atoms with Crippen LogP contribution in [0.25, 0.3) is 0 Å². The molecule has 1 N–H and O–H groups in total. The number of esters is 1. The second-order valence-electron chi connectivity index (χ2n) is 5.15. The summed E-state index contributed by atoms with van der Waals surface area (Å²) in [7, 11) is 0. The van der Waals surface area contributed by atoms with Crippen LogP contribution in [0.3, 0.4) is 0 Å². The Morgan fingerprint density at radius 1 is 1.50 bits per heavy atom. The predicted octanol–water partition coefficient (Wildman–Crippen LogP) is 1.41. The summed E-state index contributed by atoms with van der Waals surface area (Å²) in [6.07, 6.45) is 3.89. The Labute approximate surface area is 109 Å². The van der Waals surface area contributed by atoms with Crippen molar-refractivity contribution in [2.75, 3.05) is 19.7 Å². The number of ether oxygens (including phenoxy) is 1. The first-order chi connectivity index (χ1) is 8.48. The van der Waals surface area contributed by atoms with Crippen LogP contribution in [0.5, 0.6) is 0 Å². The minimum atomic E-state index is -1.60. The van der Waals surface area contributed by atoms with E-state index in [9.17, 15) is 9.90 Å². The summed E-state index contributed by atoms with van der Waals surface area (Å²) < 4.78 is 4.92. The number of hydrogen-bond acceptors (Lipinski definition) is 5. The fourth-order valence-corrected chi connectivity index (χ4v) is 2.06. The summed E-state index contributed by atoms with van der Waals surface area (Å²) in [6.45, 7) is 7.66. The third-order valence-corrected chi connectivity index (χ3v) is 2.87. The summed E-state index contributed by atoms with van der Waals surface area (Å²) in [5.74, 6) is -0.425. The topological polar surface area (TPSA) is 62.1 Å². The first kappa shape index (κ1) is 15.0. The average Bonchev–Trinajstić information content (AvgIpc) is 2.78. The average molecular weight is 256 g/mol. The SMILES string of the molecule is CCOC(=O)C(O)(/C=N/N1CCCC1)CC(C)C. The van der Waals surface area contributed by atoms with Crippen LogP contribution in [0.4, 0.5) is 0 Å². The zero-order valence-electron chi connectivity index (χ0n) is 11.6. The third kappa shape index (κ3) is 4.29. The highest BCUT2D eigenvalue weighted by molar-refractivity contribution is 5.98. The highest BCUT2D eigenvalue weighted by atomic mass is 16.5. The molecule has 1 aliphatic heterocycles. The quantitative estimate of drug-likeness (QED) is 0.576. The van der Waals surface area contributed by atoms with E-state index in [1.54, 1.807) is 6.92 Å². The number of hydrogen-bond donors (Lipinski definition) is 1. The Kier molecular flexibility index (Phi) is 5.59. The van der Waals surface area contributed by atoms with Crippen molar-refractivity contribution in [3.63, 3.8) is 0 Å². The van der Waals surface area contributed by atoms with E-state index in [0.717, 1.165) is 25.9 Å². The largest absolute Gasteiger partial charge is 0.464 e. The Morgan fingerprint density at radius 3 is 2.61 bits per heavy atom. The summed E-state index contributed by atoms with van der Waals surface area (Å²) >= 11 is 0. The summed E-state index contributed by atoms with van der Waals surface area (Å²) in [5.41, 5.74) is -1.60. The van der Waals surface area contributed by atoms with Gasteiger partial charge in [-0.25, -0.2) is 4.79 Å². The lowest BCUT2D eigenvalue weighted by Crippen LogP contribution is -2.43. The molecule has 1 rings (SSSR count). The molecule has 0 amide bonds. The van der Waals surface area contributed by atoms with Crippen LogP contribution in [0.2, 0.25) is 0 Å². The molecule has 5 nitrogen and oxygen atoms in total. The van der Waals surface area contributed by atoms with E-state index in [-0.39, 0.29) is 12.5 Å². The molecular formula is C13H24N2O3. The molecule has 0 aromatic heterocycles. The number of hydrazone groups is 1. The second kappa shape index (κ2) is 6.73. The van der Waals surface area contributed by atoms with Crippen molar-refractivity contribution in [3.8, 4) is 0 Å². The smallest absolute Gasteiger partial charge is 0.343 e. The maximum absolute atomic E-state index is 11.8. The van der Waals surface area contributed by atoms with Gasteiger partial charge in [0.05, 0.1) is 12.8 Å². The fraction of sp³-hybridized carbons (Fsp3) is 0.846. The standard InChI is InChI=1S/C13H24N2O3/c1-4-18-12(16)13(17,9-11(2)3)10-14-15-7-5-6-8-15/h10-11,17H,4-9H2,1-3H3/b14-10+. The lowest BCUT2D eigenvalue weighted by molar-refractivity contribution is -0.158. The van der Waals surface area contributed by atoms with Gasteiger partial charge in [-0.15, -0.1) is 0 Å².